The second kappa shape index (κ2) is 11.7. The third kappa shape index (κ3) is 6.32. The standard InChI is InChI=1S/C26H27NO9S/c1-32-17-7-10-25(37(29,30)31)21(13-17)20-12-16(6-9-22(20)34-3)27-26(28)11-8-19-23(35-4)14-18(33-2)15-24(19)36-5/h6-15H,1-5H3,(H,27,28)(H,29,30,31)/b11-8+. The highest BCUT2D eigenvalue weighted by Crippen LogP contribution is 2.39. The summed E-state index contributed by atoms with van der Waals surface area (Å²) in [6, 6.07) is 12.1. The average Bonchev–Trinajstić information content (AvgIpc) is 2.90. The molecule has 0 atom stereocenters. The van der Waals surface area contributed by atoms with Gasteiger partial charge in [0.1, 0.15) is 33.6 Å². The maximum absolute atomic E-state index is 12.7. The molecule has 0 saturated carbocycles. The van der Waals surface area contributed by atoms with Crippen molar-refractivity contribution in [3.8, 4) is 39.9 Å². The van der Waals surface area contributed by atoms with Crippen LogP contribution >= 0.6 is 0 Å². The van der Waals surface area contributed by atoms with Crippen LogP contribution in [0.2, 0.25) is 0 Å². The van der Waals surface area contributed by atoms with E-state index in [-0.39, 0.29) is 10.5 Å². The second-order valence-corrected chi connectivity index (χ2v) is 8.91. The lowest BCUT2D eigenvalue weighted by Gasteiger charge is -2.15. The highest BCUT2D eigenvalue weighted by atomic mass is 32.2. The molecule has 11 heteroatoms. The molecular formula is C26H27NO9S. The largest absolute Gasteiger partial charge is 0.497 e. The van der Waals surface area contributed by atoms with Gasteiger partial charge in [-0.25, -0.2) is 0 Å². The highest BCUT2D eigenvalue weighted by Gasteiger charge is 2.21. The summed E-state index contributed by atoms with van der Waals surface area (Å²) in [6.07, 6.45) is 2.83. The Labute approximate surface area is 215 Å². The normalized spacial score (nSPS) is 11.2. The summed E-state index contributed by atoms with van der Waals surface area (Å²) >= 11 is 0. The molecule has 0 heterocycles. The fourth-order valence-corrected chi connectivity index (χ4v) is 4.29. The fourth-order valence-electron chi connectivity index (χ4n) is 3.61. The maximum Gasteiger partial charge on any atom is 0.295 e. The molecule has 10 nitrogen and oxygen atoms in total. The molecule has 2 N–H and O–H groups in total. The number of rotatable bonds is 10. The molecule has 3 aromatic carbocycles. The molecule has 3 rings (SSSR count). The molecule has 0 unspecified atom stereocenters. The molecule has 0 saturated heterocycles. The van der Waals surface area contributed by atoms with Crippen molar-refractivity contribution in [2.45, 2.75) is 4.90 Å². The number of benzene rings is 3. The highest BCUT2D eigenvalue weighted by molar-refractivity contribution is 7.86. The third-order valence-corrected chi connectivity index (χ3v) is 6.29. The van der Waals surface area contributed by atoms with Crippen molar-refractivity contribution in [2.75, 3.05) is 40.9 Å². The third-order valence-electron chi connectivity index (χ3n) is 5.38. The molecule has 1 amide bonds. The Morgan fingerprint density at radius 1 is 0.757 bits per heavy atom. The molecule has 0 radical (unpaired) electrons. The van der Waals surface area contributed by atoms with Crippen LogP contribution in [0, 0.1) is 0 Å². The molecule has 0 aliphatic carbocycles. The number of amides is 1. The van der Waals surface area contributed by atoms with Gasteiger partial charge in [-0.15, -0.1) is 0 Å². The number of hydrogen-bond acceptors (Lipinski definition) is 8. The zero-order valence-corrected chi connectivity index (χ0v) is 21.7. The van der Waals surface area contributed by atoms with Crippen molar-refractivity contribution in [1.82, 2.24) is 0 Å². The lowest BCUT2D eigenvalue weighted by atomic mass is 10.0. The van der Waals surface area contributed by atoms with Crippen molar-refractivity contribution in [2.24, 2.45) is 0 Å². The number of nitrogens with one attached hydrogen (secondary N) is 1. The Hall–Kier alpha value is -4.22. The van der Waals surface area contributed by atoms with Crippen molar-refractivity contribution in [1.29, 1.82) is 0 Å². The minimum absolute atomic E-state index is 0.137. The van der Waals surface area contributed by atoms with Crippen LogP contribution in [0.25, 0.3) is 17.2 Å². The van der Waals surface area contributed by atoms with E-state index in [1.807, 2.05) is 0 Å². The Kier molecular flexibility index (Phi) is 8.64. The van der Waals surface area contributed by atoms with Crippen LogP contribution in [-0.4, -0.2) is 54.4 Å². The van der Waals surface area contributed by atoms with Crippen molar-refractivity contribution < 1.29 is 41.4 Å². The van der Waals surface area contributed by atoms with Gasteiger partial charge in [-0.05, 0) is 42.5 Å². The lowest BCUT2D eigenvalue weighted by molar-refractivity contribution is -0.111. The minimum atomic E-state index is -4.57. The van der Waals surface area contributed by atoms with Crippen LogP contribution in [0.15, 0.2) is 59.5 Å². The molecule has 0 spiro atoms. The van der Waals surface area contributed by atoms with Crippen LogP contribution in [0.5, 0.6) is 28.7 Å². The van der Waals surface area contributed by atoms with E-state index in [1.54, 1.807) is 24.3 Å². The zero-order chi connectivity index (χ0) is 27.2. The Bertz CT molecular complexity index is 1410. The first-order valence-electron chi connectivity index (χ1n) is 10.8. The number of anilines is 1. The van der Waals surface area contributed by atoms with E-state index in [0.717, 1.165) is 0 Å². The predicted molar refractivity (Wildman–Crippen MR) is 139 cm³/mol. The summed E-state index contributed by atoms with van der Waals surface area (Å²) in [5.41, 5.74) is 1.33. The molecule has 0 aromatic heterocycles. The van der Waals surface area contributed by atoms with E-state index in [4.69, 9.17) is 23.7 Å². The van der Waals surface area contributed by atoms with Gasteiger partial charge in [0.05, 0.1) is 41.1 Å². The van der Waals surface area contributed by atoms with Gasteiger partial charge in [0.25, 0.3) is 10.1 Å². The molecule has 37 heavy (non-hydrogen) atoms. The number of ether oxygens (including phenoxy) is 5. The van der Waals surface area contributed by atoms with Crippen LogP contribution in [0.1, 0.15) is 5.56 Å². The van der Waals surface area contributed by atoms with Crippen LogP contribution in [-0.2, 0) is 14.9 Å². The van der Waals surface area contributed by atoms with Gasteiger partial charge in [-0.2, -0.15) is 8.42 Å². The summed E-state index contributed by atoms with van der Waals surface area (Å²) in [6.45, 7) is 0. The van der Waals surface area contributed by atoms with Gasteiger partial charge >= 0.3 is 0 Å². The summed E-state index contributed by atoms with van der Waals surface area (Å²) in [7, 11) is 2.78. The predicted octanol–water partition coefficient (Wildman–Crippen LogP) is 4.30. The Morgan fingerprint density at radius 3 is 1.92 bits per heavy atom. The smallest absolute Gasteiger partial charge is 0.295 e. The first-order chi connectivity index (χ1) is 17.6. The van der Waals surface area contributed by atoms with Crippen LogP contribution in [0.4, 0.5) is 5.69 Å². The maximum atomic E-state index is 12.7. The van der Waals surface area contributed by atoms with Gasteiger partial charge < -0.3 is 29.0 Å². The van der Waals surface area contributed by atoms with E-state index in [9.17, 15) is 17.8 Å². The monoisotopic (exact) mass is 529 g/mol. The van der Waals surface area contributed by atoms with E-state index in [2.05, 4.69) is 5.32 Å². The Morgan fingerprint density at radius 2 is 1.38 bits per heavy atom. The molecule has 3 aromatic rings. The van der Waals surface area contributed by atoms with Gasteiger partial charge in [0.15, 0.2) is 0 Å². The first-order valence-corrected chi connectivity index (χ1v) is 12.2. The zero-order valence-electron chi connectivity index (χ0n) is 20.9. The Balaban J connectivity index is 1.98. The SMILES string of the molecule is COc1cc(OC)c(/C=C/C(=O)Nc2ccc(OC)c(-c3cc(OC)ccc3S(=O)(=O)O)c2)c(OC)c1. The van der Waals surface area contributed by atoms with Crippen LogP contribution < -0.4 is 29.0 Å². The van der Waals surface area contributed by atoms with E-state index in [0.29, 0.717) is 45.6 Å². The molecule has 0 aliphatic heterocycles. The van der Waals surface area contributed by atoms with Crippen molar-refractivity contribution in [3.63, 3.8) is 0 Å². The van der Waals surface area contributed by atoms with E-state index < -0.39 is 16.0 Å². The number of carbonyl (C=O) groups is 1. The van der Waals surface area contributed by atoms with Crippen LogP contribution in [0.3, 0.4) is 0 Å². The molecule has 0 bridgehead atoms. The fraction of sp³-hybridized carbons (Fsp3) is 0.192. The molecular weight excluding hydrogens is 502 g/mol. The summed E-state index contributed by atoms with van der Waals surface area (Å²) in [5, 5.41) is 2.73. The molecule has 0 fully saturated rings. The molecule has 196 valence electrons. The van der Waals surface area contributed by atoms with Crippen molar-refractivity contribution >= 4 is 27.8 Å². The number of methoxy groups -OCH3 is 5. The average molecular weight is 530 g/mol. The topological polar surface area (TPSA) is 130 Å². The minimum Gasteiger partial charge on any atom is -0.497 e. The van der Waals surface area contributed by atoms with Crippen molar-refractivity contribution in [3.05, 3.63) is 60.2 Å². The van der Waals surface area contributed by atoms with E-state index in [1.165, 1.54) is 72.0 Å². The lowest BCUT2D eigenvalue weighted by Crippen LogP contribution is -2.08. The van der Waals surface area contributed by atoms with E-state index >= 15 is 0 Å². The molecule has 0 aliphatic rings. The van der Waals surface area contributed by atoms with Gasteiger partial charge in [0.2, 0.25) is 5.91 Å². The summed E-state index contributed by atoms with van der Waals surface area (Å²) < 4.78 is 60.4. The number of hydrogen-bond donors (Lipinski definition) is 2. The summed E-state index contributed by atoms with van der Waals surface area (Å²) in [4.78, 5) is 12.4. The quantitative estimate of drug-likeness (QED) is 0.292. The first kappa shape index (κ1) is 27.4. The van der Waals surface area contributed by atoms with Gasteiger partial charge in [-0.1, -0.05) is 0 Å². The second-order valence-electron chi connectivity index (χ2n) is 7.52. The number of carbonyl (C=O) groups excluding carboxylic acids is 1. The summed E-state index contributed by atoms with van der Waals surface area (Å²) in [5.74, 6) is 1.63. The van der Waals surface area contributed by atoms with Gasteiger partial charge in [-0.3, -0.25) is 9.35 Å². The van der Waals surface area contributed by atoms with Gasteiger partial charge in [0, 0.05) is 35.0 Å².